The zero-order valence-corrected chi connectivity index (χ0v) is 7.10. The van der Waals surface area contributed by atoms with E-state index in [1.165, 1.54) is 0 Å². The van der Waals surface area contributed by atoms with Gasteiger partial charge in [-0.15, -0.1) is 0 Å². The van der Waals surface area contributed by atoms with Crippen LogP contribution in [-0.2, 0) is 0 Å². The van der Waals surface area contributed by atoms with Crippen LogP contribution in [0.3, 0.4) is 0 Å². The summed E-state index contributed by atoms with van der Waals surface area (Å²) in [5.74, 6) is 0.702. The Morgan fingerprint density at radius 2 is 2.00 bits per heavy atom. The van der Waals surface area contributed by atoms with Crippen molar-refractivity contribution < 1.29 is 0 Å². The summed E-state index contributed by atoms with van der Waals surface area (Å²) in [7, 11) is 0. The largest absolute Gasteiger partial charge is 0.239 e. The zero-order chi connectivity index (χ0) is 7.56. The molecule has 0 unspecified atom stereocenters. The third-order valence-corrected chi connectivity index (χ3v) is 1.44. The molecule has 0 radical (unpaired) electrons. The average molecular weight is 175 g/mol. The molecule has 0 spiro atoms. The van der Waals surface area contributed by atoms with E-state index in [9.17, 15) is 0 Å². The lowest BCUT2D eigenvalue weighted by atomic mass is 10.4. The highest BCUT2D eigenvalue weighted by Crippen LogP contribution is 2.14. The van der Waals surface area contributed by atoms with E-state index in [4.69, 9.17) is 11.6 Å². The Hall–Kier alpha value is -0.280. The van der Waals surface area contributed by atoms with Crippen LogP contribution < -0.4 is 0 Å². The maximum atomic E-state index is 5.57. The lowest BCUT2D eigenvalue weighted by Crippen LogP contribution is -1.92. The minimum Gasteiger partial charge on any atom is -0.239 e. The molecule has 0 aliphatic carbocycles. The Bertz CT molecular complexity index is 209. The fourth-order valence-electron chi connectivity index (χ4n) is 0.538. The van der Waals surface area contributed by atoms with E-state index in [0.29, 0.717) is 10.8 Å². The van der Waals surface area contributed by atoms with E-state index in [0.717, 1.165) is 0 Å². The van der Waals surface area contributed by atoms with Crippen molar-refractivity contribution in [2.75, 3.05) is 0 Å². The number of hydrogen-bond acceptors (Lipinski definition) is 3. The molecular formula is C6H7ClN2S. The molecule has 1 rings (SSSR count). The molecule has 1 atom stereocenters. The SMILES string of the molecule is C[C@@H](S)c1ncc(Cl)cn1. The van der Waals surface area contributed by atoms with Crippen molar-refractivity contribution >= 4 is 24.2 Å². The minimum absolute atomic E-state index is 0.0669. The number of aromatic nitrogens is 2. The molecule has 2 nitrogen and oxygen atoms in total. The summed E-state index contributed by atoms with van der Waals surface area (Å²) in [4.78, 5) is 7.92. The maximum absolute atomic E-state index is 5.57. The van der Waals surface area contributed by atoms with Crippen molar-refractivity contribution in [2.45, 2.75) is 12.2 Å². The van der Waals surface area contributed by atoms with Crippen molar-refractivity contribution in [1.29, 1.82) is 0 Å². The van der Waals surface area contributed by atoms with Gasteiger partial charge in [0.05, 0.1) is 10.3 Å². The van der Waals surface area contributed by atoms with E-state index in [2.05, 4.69) is 22.6 Å². The number of rotatable bonds is 1. The molecule has 0 aliphatic heterocycles. The molecular weight excluding hydrogens is 168 g/mol. The van der Waals surface area contributed by atoms with E-state index >= 15 is 0 Å². The van der Waals surface area contributed by atoms with E-state index in [1.807, 2.05) is 6.92 Å². The first kappa shape index (κ1) is 7.82. The van der Waals surface area contributed by atoms with E-state index in [-0.39, 0.29) is 5.25 Å². The van der Waals surface area contributed by atoms with Gasteiger partial charge < -0.3 is 0 Å². The predicted molar refractivity (Wildman–Crippen MR) is 44.4 cm³/mol. The van der Waals surface area contributed by atoms with Crippen molar-refractivity contribution in [3.63, 3.8) is 0 Å². The van der Waals surface area contributed by atoms with Crippen LogP contribution in [0.1, 0.15) is 18.0 Å². The quantitative estimate of drug-likeness (QED) is 0.660. The summed E-state index contributed by atoms with van der Waals surface area (Å²) in [5, 5.41) is 0.620. The van der Waals surface area contributed by atoms with Crippen molar-refractivity contribution in [1.82, 2.24) is 9.97 Å². The van der Waals surface area contributed by atoms with Gasteiger partial charge in [-0.05, 0) is 6.92 Å². The topological polar surface area (TPSA) is 25.8 Å². The maximum Gasteiger partial charge on any atom is 0.140 e. The molecule has 0 saturated heterocycles. The summed E-state index contributed by atoms with van der Waals surface area (Å²) in [6.45, 7) is 1.91. The van der Waals surface area contributed by atoms with Crippen LogP contribution in [0.2, 0.25) is 5.02 Å². The van der Waals surface area contributed by atoms with Crippen LogP contribution >= 0.6 is 24.2 Å². The van der Waals surface area contributed by atoms with Crippen LogP contribution in [0, 0.1) is 0 Å². The van der Waals surface area contributed by atoms with Crippen LogP contribution in [0.25, 0.3) is 0 Å². The fraction of sp³-hybridized carbons (Fsp3) is 0.333. The first-order chi connectivity index (χ1) is 4.70. The van der Waals surface area contributed by atoms with Gasteiger partial charge in [0.1, 0.15) is 5.82 Å². The fourth-order valence-corrected chi connectivity index (χ4v) is 0.769. The summed E-state index contributed by atoms with van der Waals surface area (Å²) in [6, 6.07) is 0. The molecule has 54 valence electrons. The van der Waals surface area contributed by atoms with Gasteiger partial charge in [-0.1, -0.05) is 11.6 Å². The number of hydrogen-bond donors (Lipinski definition) is 1. The number of halogens is 1. The third kappa shape index (κ3) is 1.85. The molecule has 1 aromatic rings. The first-order valence-corrected chi connectivity index (χ1v) is 3.75. The summed E-state index contributed by atoms with van der Waals surface area (Å²) < 4.78 is 0. The monoisotopic (exact) mass is 174 g/mol. The Kier molecular flexibility index (Phi) is 2.51. The second kappa shape index (κ2) is 3.21. The van der Waals surface area contributed by atoms with Gasteiger partial charge in [0.15, 0.2) is 0 Å². The predicted octanol–water partition coefficient (Wildman–Crippen LogP) is 2.12. The summed E-state index contributed by atoms with van der Waals surface area (Å²) in [6.07, 6.45) is 3.13. The van der Waals surface area contributed by atoms with Gasteiger partial charge in [0.2, 0.25) is 0 Å². The van der Waals surface area contributed by atoms with Crippen molar-refractivity contribution in [3.05, 3.63) is 23.2 Å². The van der Waals surface area contributed by atoms with E-state index < -0.39 is 0 Å². The molecule has 10 heavy (non-hydrogen) atoms. The Morgan fingerprint density at radius 1 is 1.50 bits per heavy atom. The Balaban J connectivity index is 2.89. The molecule has 1 aromatic heterocycles. The highest BCUT2D eigenvalue weighted by atomic mass is 35.5. The molecule has 0 aliphatic rings. The molecule has 0 fully saturated rings. The Labute approximate surface area is 70.1 Å². The van der Waals surface area contributed by atoms with Gasteiger partial charge >= 0.3 is 0 Å². The lowest BCUT2D eigenvalue weighted by molar-refractivity contribution is 0.925. The molecule has 0 bridgehead atoms. The molecule has 4 heteroatoms. The third-order valence-electron chi connectivity index (χ3n) is 1.01. The highest BCUT2D eigenvalue weighted by Gasteiger charge is 2.00. The van der Waals surface area contributed by atoms with Crippen LogP contribution in [0.4, 0.5) is 0 Å². The van der Waals surface area contributed by atoms with Crippen LogP contribution in [0.5, 0.6) is 0 Å². The van der Waals surface area contributed by atoms with Gasteiger partial charge in [0, 0.05) is 12.4 Å². The molecule has 0 saturated carbocycles. The zero-order valence-electron chi connectivity index (χ0n) is 5.45. The molecule has 1 heterocycles. The molecule has 0 amide bonds. The van der Waals surface area contributed by atoms with Crippen LogP contribution in [-0.4, -0.2) is 9.97 Å². The average Bonchev–Trinajstić information content (AvgIpc) is 1.88. The van der Waals surface area contributed by atoms with E-state index in [1.54, 1.807) is 12.4 Å². The molecule has 0 aromatic carbocycles. The van der Waals surface area contributed by atoms with Gasteiger partial charge in [-0.3, -0.25) is 0 Å². The number of nitrogens with zero attached hydrogens (tertiary/aromatic N) is 2. The van der Waals surface area contributed by atoms with Gasteiger partial charge in [-0.25, -0.2) is 9.97 Å². The van der Waals surface area contributed by atoms with Crippen molar-refractivity contribution in [2.24, 2.45) is 0 Å². The lowest BCUT2D eigenvalue weighted by Gasteiger charge is -1.99. The number of thiol groups is 1. The van der Waals surface area contributed by atoms with Gasteiger partial charge in [0.25, 0.3) is 0 Å². The summed E-state index contributed by atoms with van der Waals surface area (Å²) >= 11 is 9.72. The standard InChI is InChI=1S/C6H7ClN2S/c1-4(10)6-8-2-5(7)3-9-6/h2-4,10H,1H3/t4-/m1/s1. The summed E-state index contributed by atoms with van der Waals surface area (Å²) in [5.41, 5.74) is 0. The normalized spacial score (nSPS) is 13.1. The first-order valence-electron chi connectivity index (χ1n) is 2.85. The second-order valence-corrected chi connectivity index (χ2v) is 3.15. The Morgan fingerprint density at radius 3 is 2.40 bits per heavy atom. The van der Waals surface area contributed by atoms with Crippen molar-refractivity contribution in [3.8, 4) is 0 Å². The highest BCUT2D eigenvalue weighted by molar-refractivity contribution is 7.80. The van der Waals surface area contributed by atoms with Gasteiger partial charge in [-0.2, -0.15) is 12.6 Å². The minimum atomic E-state index is 0.0669. The molecule has 0 N–H and O–H groups in total. The second-order valence-electron chi connectivity index (χ2n) is 1.94. The smallest absolute Gasteiger partial charge is 0.140 e. The van der Waals surface area contributed by atoms with Crippen LogP contribution in [0.15, 0.2) is 12.4 Å².